The number of imidazole rings is 1. The van der Waals surface area contributed by atoms with Crippen LogP contribution in [0.5, 0.6) is 0 Å². The Labute approximate surface area is 130 Å². The number of halogens is 1. The zero-order valence-corrected chi connectivity index (χ0v) is 13.7. The molecule has 2 atom stereocenters. The first kappa shape index (κ1) is 14.9. The van der Waals surface area contributed by atoms with E-state index in [9.17, 15) is 0 Å². The van der Waals surface area contributed by atoms with E-state index in [1.165, 1.54) is 0 Å². The lowest BCUT2D eigenvalue weighted by atomic mass is 10.2. The zero-order chi connectivity index (χ0) is 15.0. The van der Waals surface area contributed by atoms with Gasteiger partial charge in [0.05, 0.1) is 17.7 Å². The van der Waals surface area contributed by atoms with Crippen LogP contribution >= 0.6 is 11.6 Å². The maximum absolute atomic E-state index is 6.15. The van der Waals surface area contributed by atoms with Crippen LogP contribution in [0, 0.1) is 0 Å². The van der Waals surface area contributed by atoms with Crippen molar-refractivity contribution in [3.8, 4) is 0 Å². The Kier molecular flexibility index (Phi) is 4.22. The lowest BCUT2D eigenvalue weighted by molar-refractivity contribution is 0.106. The van der Waals surface area contributed by atoms with Gasteiger partial charge in [0.2, 0.25) is 0 Å². The Morgan fingerprint density at radius 1 is 1.38 bits per heavy atom. The molecular weight excluding hydrogens is 288 g/mol. The molecule has 0 aromatic carbocycles. The lowest BCUT2D eigenvalue weighted by Crippen LogP contribution is -2.13. The fourth-order valence-electron chi connectivity index (χ4n) is 3.50. The Morgan fingerprint density at radius 2 is 2.19 bits per heavy atom. The summed E-state index contributed by atoms with van der Waals surface area (Å²) in [7, 11) is 3.79. The van der Waals surface area contributed by atoms with Gasteiger partial charge in [-0.15, -0.1) is 11.6 Å². The molecule has 2 aromatic heterocycles. The largest absolute Gasteiger partial charge is 0.381 e. The third-order valence-corrected chi connectivity index (χ3v) is 4.71. The van der Waals surface area contributed by atoms with Crippen molar-refractivity contribution < 1.29 is 4.74 Å². The summed E-state index contributed by atoms with van der Waals surface area (Å²) in [5.74, 6) is 1.40. The average Bonchev–Trinajstić information content (AvgIpc) is 3.15. The molecule has 21 heavy (non-hydrogen) atoms. The Balaban J connectivity index is 2.08. The van der Waals surface area contributed by atoms with Crippen molar-refractivity contribution >= 4 is 22.8 Å². The van der Waals surface area contributed by atoms with Crippen LogP contribution in [0.1, 0.15) is 50.2 Å². The van der Waals surface area contributed by atoms with Crippen LogP contribution in [0.3, 0.4) is 0 Å². The highest BCUT2D eigenvalue weighted by Crippen LogP contribution is 2.36. The maximum atomic E-state index is 6.15. The zero-order valence-electron chi connectivity index (χ0n) is 13.0. The molecule has 0 N–H and O–H groups in total. The van der Waals surface area contributed by atoms with Crippen LogP contribution in [0.25, 0.3) is 11.2 Å². The van der Waals surface area contributed by atoms with Crippen molar-refractivity contribution in [1.29, 1.82) is 0 Å². The molecule has 0 spiro atoms. The summed E-state index contributed by atoms with van der Waals surface area (Å²) in [5.41, 5.74) is 3.22. The van der Waals surface area contributed by atoms with Crippen LogP contribution in [0.15, 0.2) is 0 Å². The van der Waals surface area contributed by atoms with Crippen molar-refractivity contribution in [3.63, 3.8) is 0 Å². The first-order valence-corrected chi connectivity index (χ1v) is 8.24. The highest BCUT2D eigenvalue weighted by atomic mass is 35.5. The number of nitrogens with zero attached hydrogens (tertiary/aromatic N) is 4. The summed E-state index contributed by atoms with van der Waals surface area (Å²) >= 11 is 6.15. The Bertz CT molecular complexity index is 633. The molecule has 1 aliphatic rings. The van der Waals surface area contributed by atoms with Crippen molar-refractivity contribution in [2.75, 3.05) is 7.11 Å². The van der Waals surface area contributed by atoms with Gasteiger partial charge < -0.3 is 9.30 Å². The van der Waals surface area contributed by atoms with E-state index >= 15 is 0 Å². The number of aryl methyl sites for hydroxylation is 2. The third kappa shape index (κ3) is 2.46. The van der Waals surface area contributed by atoms with E-state index in [4.69, 9.17) is 21.3 Å². The fourth-order valence-corrected chi connectivity index (χ4v) is 3.69. The van der Waals surface area contributed by atoms with E-state index in [2.05, 4.69) is 16.6 Å². The van der Waals surface area contributed by atoms with Gasteiger partial charge in [0.15, 0.2) is 5.65 Å². The summed E-state index contributed by atoms with van der Waals surface area (Å²) in [6.45, 7) is 2.17. The SMILES string of the molecule is CCCc1nn(C)c2c1nc(CCl)n2C1CCC(OC)C1. The van der Waals surface area contributed by atoms with Gasteiger partial charge in [0, 0.05) is 20.2 Å². The molecule has 0 aliphatic heterocycles. The van der Waals surface area contributed by atoms with Gasteiger partial charge in [-0.3, -0.25) is 4.68 Å². The maximum Gasteiger partial charge on any atom is 0.158 e. The van der Waals surface area contributed by atoms with Crippen molar-refractivity contribution in [2.24, 2.45) is 7.05 Å². The van der Waals surface area contributed by atoms with E-state index in [1.807, 2.05) is 11.7 Å². The number of alkyl halides is 1. The number of methoxy groups -OCH3 is 1. The second-order valence-corrected chi connectivity index (χ2v) is 6.12. The van der Waals surface area contributed by atoms with Crippen LogP contribution in [-0.2, 0) is 24.1 Å². The Hall–Kier alpha value is -1.07. The molecule has 1 saturated carbocycles. The molecular formula is C15H23ClN4O. The molecule has 3 rings (SSSR count). The average molecular weight is 311 g/mol. The highest BCUT2D eigenvalue weighted by Gasteiger charge is 2.30. The number of ether oxygens (including phenoxy) is 1. The number of rotatable bonds is 5. The number of aromatic nitrogens is 4. The number of fused-ring (bicyclic) bond motifs is 1. The van der Waals surface area contributed by atoms with Crippen molar-refractivity contribution in [3.05, 3.63) is 11.5 Å². The quantitative estimate of drug-likeness (QED) is 0.797. The van der Waals surface area contributed by atoms with Gasteiger partial charge in [0.1, 0.15) is 11.3 Å². The molecule has 0 radical (unpaired) electrons. The summed E-state index contributed by atoms with van der Waals surface area (Å²) in [6.07, 6.45) is 5.62. The monoisotopic (exact) mass is 310 g/mol. The van der Waals surface area contributed by atoms with Gasteiger partial charge in [0.25, 0.3) is 0 Å². The predicted molar refractivity (Wildman–Crippen MR) is 83.7 cm³/mol. The topological polar surface area (TPSA) is 44.9 Å². The normalized spacial score (nSPS) is 22.5. The van der Waals surface area contributed by atoms with Gasteiger partial charge in [-0.05, 0) is 25.7 Å². The van der Waals surface area contributed by atoms with Crippen molar-refractivity contribution in [1.82, 2.24) is 19.3 Å². The second-order valence-electron chi connectivity index (χ2n) is 5.85. The van der Waals surface area contributed by atoms with Crippen LogP contribution in [0.4, 0.5) is 0 Å². The minimum atomic E-state index is 0.346. The highest BCUT2D eigenvalue weighted by molar-refractivity contribution is 6.16. The van der Waals surface area contributed by atoms with Gasteiger partial charge >= 0.3 is 0 Å². The minimum Gasteiger partial charge on any atom is -0.381 e. The molecule has 116 valence electrons. The summed E-state index contributed by atoms with van der Waals surface area (Å²) in [4.78, 5) is 4.77. The summed E-state index contributed by atoms with van der Waals surface area (Å²) in [6, 6.07) is 0.415. The molecule has 2 aromatic rings. The Morgan fingerprint density at radius 3 is 2.81 bits per heavy atom. The smallest absolute Gasteiger partial charge is 0.158 e. The molecule has 1 fully saturated rings. The van der Waals surface area contributed by atoms with E-state index in [-0.39, 0.29) is 0 Å². The number of hydrogen-bond donors (Lipinski definition) is 0. The van der Waals surface area contributed by atoms with Crippen molar-refractivity contribution in [2.45, 2.75) is 57.1 Å². The minimum absolute atomic E-state index is 0.346. The molecule has 5 nitrogen and oxygen atoms in total. The van der Waals surface area contributed by atoms with E-state index in [1.54, 1.807) is 7.11 Å². The first-order chi connectivity index (χ1) is 10.2. The van der Waals surface area contributed by atoms with Gasteiger partial charge in [-0.1, -0.05) is 13.3 Å². The molecule has 0 saturated heterocycles. The molecule has 0 amide bonds. The first-order valence-electron chi connectivity index (χ1n) is 7.71. The second kappa shape index (κ2) is 5.97. The fraction of sp³-hybridized carbons (Fsp3) is 0.733. The third-order valence-electron chi connectivity index (χ3n) is 4.47. The molecule has 2 heterocycles. The van der Waals surface area contributed by atoms with Gasteiger partial charge in [-0.25, -0.2) is 4.98 Å². The molecule has 6 heteroatoms. The van der Waals surface area contributed by atoms with E-state index in [0.29, 0.717) is 18.0 Å². The number of hydrogen-bond acceptors (Lipinski definition) is 3. The summed E-state index contributed by atoms with van der Waals surface area (Å²) in [5, 5.41) is 4.65. The van der Waals surface area contributed by atoms with E-state index < -0.39 is 0 Å². The van der Waals surface area contributed by atoms with Crippen LogP contribution < -0.4 is 0 Å². The lowest BCUT2D eigenvalue weighted by Gasteiger charge is -2.16. The molecule has 2 unspecified atom stereocenters. The van der Waals surface area contributed by atoms with Crippen LogP contribution in [0.2, 0.25) is 0 Å². The standard InChI is InChI=1S/C15H23ClN4O/c1-4-5-12-14-15(19(2)18-12)20(13(9-16)17-14)10-6-7-11(8-10)21-3/h10-11H,4-9H2,1-3H3. The molecule has 0 bridgehead atoms. The van der Waals surface area contributed by atoms with E-state index in [0.717, 1.165) is 54.8 Å². The van der Waals surface area contributed by atoms with Gasteiger partial charge in [-0.2, -0.15) is 5.10 Å². The molecule has 1 aliphatic carbocycles. The summed E-state index contributed by atoms with van der Waals surface area (Å²) < 4.78 is 9.77. The predicted octanol–water partition coefficient (Wildman–Crippen LogP) is 3.20. The van der Waals surface area contributed by atoms with Crippen LogP contribution in [-0.4, -0.2) is 32.5 Å².